The highest BCUT2D eigenvalue weighted by molar-refractivity contribution is 7.80. The number of thiocarbonyl (C=S) groups is 1. The molecule has 2 N–H and O–H groups in total. The van der Waals surface area contributed by atoms with E-state index in [-0.39, 0.29) is 16.7 Å². The molecule has 0 aliphatic carbocycles. The zero-order valence-electron chi connectivity index (χ0n) is 12.6. The van der Waals surface area contributed by atoms with Crippen molar-refractivity contribution < 1.29 is 9.72 Å². The minimum absolute atomic E-state index is 0.0111. The number of hydrogen-bond donors (Lipinski definition) is 2. The molecule has 7 heteroatoms. The maximum absolute atomic E-state index is 12.2. The zero-order valence-corrected chi connectivity index (χ0v) is 13.4. The highest BCUT2D eigenvalue weighted by Gasteiger charge is 2.15. The molecule has 2 rings (SSSR count). The van der Waals surface area contributed by atoms with E-state index in [9.17, 15) is 14.9 Å². The van der Waals surface area contributed by atoms with E-state index >= 15 is 0 Å². The summed E-state index contributed by atoms with van der Waals surface area (Å²) in [6.07, 6.45) is 0. The standard InChI is InChI=1S/C16H15N3O3S/c1-10-6-3-4-7-12(10)15(20)18-16(23)17-13-8-5-9-14(11(13)2)19(21)22/h3-9H,1-2H3,(H2,17,18,20,23). The van der Waals surface area contributed by atoms with Crippen LogP contribution in [0.1, 0.15) is 21.5 Å². The molecule has 0 unspecified atom stereocenters. The first kappa shape index (κ1) is 16.6. The second-order valence-corrected chi connectivity index (χ2v) is 5.34. The molecule has 0 bridgehead atoms. The van der Waals surface area contributed by atoms with E-state index < -0.39 is 4.92 Å². The Bertz CT molecular complexity index is 790. The quantitative estimate of drug-likeness (QED) is 0.512. The molecule has 0 aliphatic heterocycles. The number of nitro benzene ring substituents is 1. The van der Waals surface area contributed by atoms with Gasteiger partial charge in [0.15, 0.2) is 5.11 Å². The number of carbonyl (C=O) groups excluding carboxylic acids is 1. The lowest BCUT2D eigenvalue weighted by atomic mass is 10.1. The third kappa shape index (κ3) is 3.89. The summed E-state index contributed by atoms with van der Waals surface area (Å²) >= 11 is 5.11. The molecular weight excluding hydrogens is 314 g/mol. The van der Waals surface area contributed by atoms with Gasteiger partial charge in [0.25, 0.3) is 11.6 Å². The Morgan fingerprint density at radius 3 is 2.48 bits per heavy atom. The normalized spacial score (nSPS) is 10.0. The highest BCUT2D eigenvalue weighted by Crippen LogP contribution is 2.24. The average Bonchev–Trinajstić information content (AvgIpc) is 2.49. The fourth-order valence-electron chi connectivity index (χ4n) is 2.11. The molecule has 0 saturated carbocycles. The summed E-state index contributed by atoms with van der Waals surface area (Å²) in [7, 11) is 0. The number of aryl methyl sites for hydroxylation is 1. The monoisotopic (exact) mass is 329 g/mol. The molecule has 0 aliphatic rings. The van der Waals surface area contributed by atoms with E-state index in [0.717, 1.165) is 5.56 Å². The second-order valence-electron chi connectivity index (χ2n) is 4.93. The lowest BCUT2D eigenvalue weighted by Crippen LogP contribution is -2.34. The summed E-state index contributed by atoms with van der Waals surface area (Å²) < 4.78 is 0. The number of benzene rings is 2. The Hall–Kier alpha value is -2.80. The number of nitro groups is 1. The molecular formula is C16H15N3O3S. The Labute approximate surface area is 138 Å². The molecule has 0 radical (unpaired) electrons. The van der Waals surface area contributed by atoms with Gasteiger partial charge in [0, 0.05) is 11.6 Å². The molecule has 2 aromatic carbocycles. The van der Waals surface area contributed by atoms with Crippen LogP contribution in [0.3, 0.4) is 0 Å². The summed E-state index contributed by atoms with van der Waals surface area (Å²) in [5.41, 5.74) is 2.27. The van der Waals surface area contributed by atoms with Crippen molar-refractivity contribution in [3.63, 3.8) is 0 Å². The van der Waals surface area contributed by atoms with Crippen molar-refractivity contribution in [2.75, 3.05) is 5.32 Å². The second kappa shape index (κ2) is 6.97. The molecule has 2 aromatic rings. The average molecular weight is 329 g/mol. The summed E-state index contributed by atoms with van der Waals surface area (Å²) in [6, 6.07) is 11.8. The molecule has 0 aromatic heterocycles. The van der Waals surface area contributed by atoms with Gasteiger partial charge in [0.05, 0.1) is 16.2 Å². The number of nitrogens with one attached hydrogen (secondary N) is 2. The molecule has 0 spiro atoms. The minimum Gasteiger partial charge on any atom is -0.332 e. The summed E-state index contributed by atoms with van der Waals surface area (Å²) in [5.74, 6) is -0.330. The Morgan fingerprint density at radius 2 is 1.83 bits per heavy atom. The van der Waals surface area contributed by atoms with Crippen LogP contribution >= 0.6 is 12.2 Å². The molecule has 0 atom stereocenters. The molecule has 6 nitrogen and oxygen atoms in total. The van der Waals surface area contributed by atoms with E-state index in [4.69, 9.17) is 12.2 Å². The molecule has 0 heterocycles. The molecule has 0 saturated heterocycles. The number of amides is 1. The van der Waals surface area contributed by atoms with Crippen LogP contribution in [0.2, 0.25) is 0 Å². The zero-order chi connectivity index (χ0) is 17.0. The SMILES string of the molecule is Cc1ccccc1C(=O)NC(=S)Nc1cccc([N+](=O)[O-])c1C. The molecule has 118 valence electrons. The summed E-state index contributed by atoms with van der Waals surface area (Å²) in [5, 5.41) is 16.4. The van der Waals surface area contributed by atoms with Crippen LogP contribution in [0.5, 0.6) is 0 Å². The van der Waals surface area contributed by atoms with Crippen molar-refractivity contribution in [2.45, 2.75) is 13.8 Å². The van der Waals surface area contributed by atoms with E-state index in [1.54, 1.807) is 31.2 Å². The molecule has 0 fully saturated rings. The summed E-state index contributed by atoms with van der Waals surface area (Å²) in [4.78, 5) is 22.7. The summed E-state index contributed by atoms with van der Waals surface area (Å²) in [6.45, 7) is 3.45. The van der Waals surface area contributed by atoms with Gasteiger partial charge in [-0.2, -0.15) is 0 Å². The Morgan fingerprint density at radius 1 is 1.13 bits per heavy atom. The van der Waals surface area contributed by atoms with Crippen LogP contribution in [0.15, 0.2) is 42.5 Å². The van der Waals surface area contributed by atoms with Crippen LogP contribution in [-0.2, 0) is 0 Å². The van der Waals surface area contributed by atoms with Gasteiger partial charge >= 0.3 is 0 Å². The van der Waals surface area contributed by atoms with Crippen LogP contribution in [0, 0.1) is 24.0 Å². The van der Waals surface area contributed by atoms with Gasteiger partial charge in [-0.1, -0.05) is 24.3 Å². The maximum atomic E-state index is 12.2. The topological polar surface area (TPSA) is 84.3 Å². The number of rotatable bonds is 3. The molecule has 1 amide bonds. The van der Waals surface area contributed by atoms with Crippen molar-refractivity contribution in [2.24, 2.45) is 0 Å². The van der Waals surface area contributed by atoms with Crippen LogP contribution in [-0.4, -0.2) is 15.9 Å². The van der Waals surface area contributed by atoms with E-state index in [0.29, 0.717) is 16.8 Å². The van der Waals surface area contributed by atoms with Crippen molar-refractivity contribution in [3.8, 4) is 0 Å². The smallest absolute Gasteiger partial charge is 0.274 e. The third-order valence-corrected chi connectivity index (χ3v) is 3.57. The van der Waals surface area contributed by atoms with Gasteiger partial charge in [-0.05, 0) is 43.8 Å². The van der Waals surface area contributed by atoms with Gasteiger partial charge < -0.3 is 5.32 Å². The Balaban J connectivity index is 2.12. The first-order valence-corrected chi connectivity index (χ1v) is 7.23. The highest BCUT2D eigenvalue weighted by atomic mass is 32.1. The molecule has 23 heavy (non-hydrogen) atoms. The van der Waals surface area contributed by atoms with Crippen molar-refractivity contribution in [1.29, 1.82) is 0 Å². The van der Waals surface area contributed by atoms with Crippen molar-refractivity contribution in [1.82, 2.24) is 5.32 Å². The predicted molar refractivity (Wildman–Crippen MR) is 92.7 cm³/mol. The predicted octanol–water partition coefficient (Wildman–Crippen LogP) is 3.34. The third-order valence-electron chi connectivity index (χ3n) is 3.37. The fourth-order valence-corrected chi connectivity index (χ4v) is 2.31. The lowest BCUT2D eigenvalue weighted by Gasteiger charge is -2.12. The van der Waals surface area contributed by atoms with Crippen LogP contribution in [0.25, 0.3) is 0 Å². The number of hydrogen-bond acceptors (Lipinski definition) is 4. The van der Waals surface area contributed by atoms with E-state index in [1.165, 1.54) is 6.07 Å². The number of nitrogens with zero attached hydrogens (tertiary/aromatic N) is 1. The van der Waals surface area contributed by atoms with Gasteiger partial charge in [-0.15, -0.1) is 0 Å². The van der Waals surface area contributed by atoms with Gasteiger partial charge in [-0.3, -0.25) is 20.2 Å². The van der Waals surface area contributed by atoms with Crippen molar-refractivity contribution >= 4 is 34.6 Å². The van der Waals surface area contributed by atoms with Crippen LogP contribution in [0.4, 0.5) is 11.4 Å². The Kier molecular flexibility index (Phi) is 5.02. The first-order valence-electron chi connectivity index (χ1n) is 6.82. The number of carbonyl (C=O) groups is 1. The van der Waals surface area contributed by atoms with Gasteiger partial charge in [0.1, 0.15) is 0 Å². The minimum atomic E-state index is -0.463. The van der Waals surface area contributed by atoms with E-state index in [1.807, 2.05) is 19.1 Å². The maximum Gasteiger partial charge on any atom is 0.274 e. The van der Waals surface area contributed by atoms with Gasteiger partial charge in [0.2, 0.25) is 0 Å². The lowest BCUT2D eigenvalue weighted by molar-refractivity contribution is -0.385. The van der Waals surface area contributed by atoms with Gasteiger partial charge in [-0.25, -0.2) is 0 Å². The fraction of sp³-hybridized carbons (Fsp3) is 0.125. The van der Waals surface area contributed by atoms with Crippen LogP contribution < -0.4 is 10.6 Å². The number of anilines is 1. The largest absolute Gasteiger partial charge is 0.332 e. The first-order chi connectivity index (χ1) is 10.9. The van der Waals surface area contributed by atoms with E-state index in [2.05, 4.69) is 10.6 Å². The van der Waals surface area contributed by atoms with Crippen molar-refractivity contribution in [3.05, 3.63) is 69.3 Å².